The van der Waals surface area contributed by atoms with E-state index in [1.54, 1.807) is 30.3 Å². The molecule has 5 nitrogen and oxygen atoms in total. The van der Waals surface area contributed by atoms with Crippen LogP contribution in [0.3, 0.4) is 0 Å². The lowest BCUT2D eigenvalue weighted by molar-refractivity contribution is 0.102. The first-order chi connectivity index (χ1) is 9.10. The second-order valence-electron chi connectivity index (χ2n) is 4.06. The number of methoxy groups -OCH3 is 1. The van der Waals surface area contributed by atoms with Gasteiger partial charge in [0.1, 0.15) is 5.75 Å². The molecule has 2 aromatic rings. The first kappa shape index (κ1) is 12.9. The van der Waals surface area contributed by atoms with Crippen LogP contribution in [-0.2, 0) is 0 Å². The van der Waals surface area contributed by atoms with Crippen molar-refractivity contribution < 1.29 is 14.6 Å². The summed E-state index contributed by atoms with van der Waals surface area (Å²) in [5, 5.41) is 12.4. The van der Waals surface area contributed by atoms with Gasteiger partial charge in [-0.05, 0) is 30.7 Å². The van der Waals surface area contributed by atoms with Crippen LogP contribution in [0.25, 0.3) is 0 Å². The van der Waals surface area contributed by atoms with E-state index in [9.17, 15) is 9.90 Å². The molecule has 1 aromatic heterocycles. The average Bonchev–Trinajstić information content (AvgIpc) is 2.39. The molecule has 0 atom stereocenters. The number of aryl methyl sites for hydroxylation is 1. The van der Waals surface area contributed by atoms with Crippen LogP contribution in [0.15, 0.2) is 36.5 Å². The van der Waals surface area contributed by atoms with Crippen molar-refractivity contribution in [3.63, 3.8) is 0 Å². The molecule has 0 fully saturated rings. The number of ether oxygens (including phenoxy) is 1. The minimum absolute atomic E-state index is 0.0426. The zero-order chi connectivity index (χ0) is 13.8. The van der Waals surface area contributed by atoms with Gasteiger partial charge in [0.05, 0.1) is 24.6 Å². The average molecular weight is 258 g/mol. The lowest BCUT2D eigenvalue weighted by Crippen LogP contribution is -2.12. The van der Waals surface area contributed by atoms with E-state index in [4.69, 9.17) is 4.74 Å². The summed E-state index contributed by atoms with van der Waals surface area (Å²) in [4.78, 5) is 16.0. The van der Waals surface area contributed by atoms with Crippen molar-refractivity contribution in [1.29, 1.82) is 0 Å². The minimum atomic E-state index is -0.385. The molecule has 2 N–H and O–H groups in total. The predicted molar refractivity (Wildman–Crippen MR) is 71.6 cm³/mol. The summed E-state index contributed by atoms with van der Waals surface area (Å²) < 4.78 is 4.93. The standard InChI is InChI=1S/C14H14N2O3/c1-9-3-5-11(12(17)7-9)14(18)16-10-4-6-13(19-2)15-8-10/h3-8,17H,1-2H3,(H,16,18). The summed E-state index contributed by atoms with van der Waals surface area (Å²) in [7, 11) is 1.52. The first-order valence-corrected chi connectivity index (χ1v) is 5.71. The van der Waals surface area contributed by atoms with Gasteiger partial charge >= 0.3 is 0 Å². The molecule has 0 spiro atoms. The van der Waals surface area contributed by atoms with Crippen molar-refractivity contribution in [1.82, 2.24) is 4.98 Å². The molecule has 1 aromatic carbocycles. The highest BCUT2D eigenvalue weighted by Gasteiger charge is 2.11. The van der Waals surface area contributed by atoms with E-state index in [2.05, 4.69) is 10.3 Å². The van der Waals surface area contributed by atoms with Crippen LogP contribution in [0.2, 0.25) is 0 Å². The van der Waals surface area contributed by atoms with Gasteiger partial charge in [0.2, 0.25) is 5.88 Å². The lowest BCUT2D eigenvalue weighted by atomic mass is 10.1. The van der Waals surface area contributed by atoms with E-state index in [1.165, 1.54) is 13.3 Å². The molecule has 0 aliphatic carbocycles. The van der Waals surface area contributed by atoms with Crippen LogP contribution >= 0.6 is 0 Å². The Morgan fingerprint density at radius 3 is 2.68 bits per heavy atom. The van der Waals surface area contributed by atoms with Crippen molar-refractivity contribution >= 4 is 11.6 Å². The fraction of sp³-hybridized carbons (Fsp3) is 0.143. The number of anilines is 1. The first-order valence-electron chi connectivity index (χ1n) is 5.71. The Bertz CT molecular complexity index is 594. The summed E-state index contributed by atoms with van der Waals surface area (Å²) in [6.45, 7) is 1.84. The van der Waals surface area contributed by atoms with Crippen LogP contribution in [-0.4, -0.2) is 23.1 Å². The van der Waals surface area contributed by atoms with Gasteiger partial charge in [-0.1, -0.05) is 6.07 Å². The summed E-state index contributed by atoms with van der Waals surface area (Å²) in [6, 6.07) is 8.21. The summed E-state index contributed by atoms with van der Waals surface area (Å²) >= 11 is 0. The lowest BCUT2D eigenvalue weighted by Gasteiger charge is -2.07. The van der Waals surface area contributed by atoms with Gasteiger partial charge in [0.15, 0.2) is 0 Å². The second-order valence-corrected chi connectivity index (χ2v) is 4.06. The highest BCUT2D eigenvalue weighted by Crippen LogP contribution is 2.20. The number of benzene rings is 1. The molecule has 0 unspecified atom stereocenters. The maximum atomic E-state index is 12.0. The number of rotatable bonds is 3. The Morgan fingerprint density at radius 1 is 1.32 bits per heavy atom. The minimum Gasteiger partial charge on any atom is -0.507 e. The summed E-state index contributed by atoms with van der Waals surface area (Å²) in [5.74, 6) is 0.0413. The number of phenolic OH excluding ortho intramolecular Hbond substituents is 1. The van der Waals surface area contributed by atoms with Gasteiger partial charge in [0, 0.05) is 6.07 Å². The Labute approximate surface area is 110 Å². The van der Waals surface area contributed by atoms with Crippen LogP contribution in [0.4, 0.5) is 5.69 Å². The van der Waals surface area contributed by atoms with E-state index in [-0.39, 0.29) is 17.2 Å². The molecule has 0 aliphatic heterocycles. The molecule has 2 rings (SSSR count). The number of hydrogen-bond donors (Lipinski definition) is 2. The smallest absolute Gasteiger partial charge is 0.259 e. The SMILES string of the molecule is COc1ccc(NC(=O)c2ccc(C)cc2O)cn1. The van der Waals surface area contributed by atoms with Crippen molar-refractivity contribution in [2.24, 2.45) is 0 Å². The molecule has 0 aliphatic rings. The third-order valence-corrected chi connectivity index (χ3v) is 2.60. The van der Waals surface area contributed by atoms with Crippen LogP contribution in [0.5, 0.6) is 11.6 Å². The van der Waals surface area contributed by atoms with Crippen molar-refractivity contribution in [2.45, 2.75) is 6.92 Å². The molecule has 19 heavy (non-hydrogen) atoms. The predicted octanol–water partition coefficient (Wildman–Crippen LogP) is 2.36. The van der Waals surface area contributed by atoms with Gasteiger partial charge in [-0.2, -0.15) is 0 Å². The van der Waals surface area contributed by atoms with Crippen molar-refractivity contribution in [3.8, 4) is 11.6 Å². The monoisotopic (exact) mass is 258 g/mol. The topological polar surface area (TPSA) is 71.5 Å². The van der Waals surface area contributed by atoms with Crippen LogP contribution in [0.1, 0.15) is 15.9 Å². The van der Waals surface area contributed by atoms with Crippen molar-refractivity contribution in [3.05, 3.63) is 47.7 Å². The molecule has 5 heteroatoms. The quantitative estimate of drug-likeness (QED) is 0.886. The van der Waals surface area contributed by atoms with Crippen LogP contribution in [0, 0.1) is 6.92 Å². The number of pyridine rings is 1. The zero-order valence-electron chi connectivity index (χ0n) is 10.7. The number of aromatic hydroxyl groups is 1. The highest BCUT2D eigenvalue weighted by atomic mass is 16.5. The normalized spacial score (nSPS) is 10.0. The number of aromatic nitrogens is 1. The van der Waals surface area contributed by atoms with Gasteiger partial charge in [0.25, 0.3) is 5.91 Å². The van der Waals surface area contributed by atoms with E-state index < -0.39 is 0 Å². The molecule has 1 heterocycles. The third kappa shape index (κ3) is 3.01. The number of hydrogen-bond acceptors (Lipinski definition) is 4. The van der Waals surface area contributed by atoms with Gasteiger partial charge in [-0.25, -0.2) is 4.98 Å². The van der Waals surface area contributed by atoms with E-state index >= 15 is 0 Å². The largest absolute Gasteiger partial charge is 0.507 e. The maximum Gasteiger partial charge on any atom is 0.259 e. The second kappa shape index (κ2) is 5.39. The fourth-order valence-corrected chi connectivity index (χ4v) is 1.61. The maximum absolute atomic E-state index is 12.0. The number of amides is 1. The fourth-order valence-electron chi connectivity index (χ4n) is 1.61. The van der Waals surface area contributed by atoms with E-state index in [1.807, 2.05) is 6.92 Å². The third-order valence-electron chi connectivity index (χ3n) is 2.60. The molecular formula is C14H14N2O3. The Balaban J connectivity index is 2.15. The van der Waals surface area contributed by atoms with E-state index in [0.29, 0.717) is 11.6 Å². The highest BCUT2D eigenvalue weighted by molar-refractivity contribution is 6.06. The molecular weight excluding hydrogens is 244 g/mol. The van der Waals surface area contributed by atoms with E-state index in [0.717, 1.165) is 5.56 Å². The molecule has 0 bridgehead atoms. The summed E-state index contributed by atoms with van der Waals surface area (Å²) in [6.07, 6.45) is 1.49. The molecule has 0 radical (unpaired) electrons. The number of carbonyl (C=O) groups excluding carboxylic acids is 1. The van der Waals surface area contributed by atoms with Gasteiger partial charge in [-0.3, -0.25) is 4.79 Å². The van der Waals surface area contributed by atoms with Crippen molar-refractivity contribution in [2.75, 3.05) is 12.4 Å². The molecule has 98 valence electrons. The molecule has 1 amide bonds. The molecule has 0 saturated heterocycles. The molecule has 0 saturated carbocycles. The van der Waals surface area contributed by atoms with Crippen LogP contribution < -0.4 is 10.1 Å². The van der Waals surface area contributed by atoms with Gasteiger partial charge in [-0.15, -0.1) is 0 Å². The van der Waals surface area contributed by atoms with Gasteiger partial charge < -0.3 is 15.2 Å². The number of phenols is 1. The number of carbonyl (C=O) groups is 1. The Hall–Kier alpha value is -2.56. The summed E-state index contributed by atoms with van der Waals surface area (Å²) in [5.41, 5.74) is 1.65. The Kier molecular flexibility index (Phi) is 3.66. The number of nitrogens with one attached hydrogen (secondary N) is 1. The zero-order valence-corrected chi connectivity index (χ0v) is 10.7. The number of nitrogens with zero attached hydrogens (tertiary/aromatic N) is 1. The Morgan fingerprint density at radius 2 is 2.11 bits per heavy atom.